The van der Waals surface area contributed by atoms with Gasteiger partial charge in [-0.15, -0.1) is 0 Å². The Morgan fingerprint density at radius 3 is 2.90 bits per heavy atom. The van der Waals surface area contributed by atoms with E-state index in [1.165, 1.54) is 0 Å². The quantitative estimate of drug-likeness (QED) is 0.519. The summed E-state index contributed by atoms with van der Waals surface area (Å²) in [6.45, 7) is 0. The van der Waals surface area contributed by atoms with Gasteiger partial charge < -0.3 is 10.0 Å². The zero-order valence-corrected chi connectivity index (χ0v) is 5.79. The van der Waals surface area contributed by atoms with Crippen LogP contribution in [0.2, 0.25) is 0 Å². The van der Waals surface area contributed by atoms with Gasteiger partial charge in [0.1, 0.15) is 6.23 Å². The molecule has 0 radical (unpaired) electrons. The van der Waals surface area contributed by atoms with Gasteiger partial charge in [-0.1, -0.05) is 0 Å². The number of aliphatic hydroxyl groups excluding tert-OH is 1. The van der Waals surface area contributed by atoms with Crippen molar-refractivity contribution >= 4 is 5.91 Å². The Morgan fingerprint density at radius 1 is 1.40 bits per heavy atom. The van der Waals surface area contributed by atoms with Crippen LogP contribution in [0.1, 0.15) is 25.7 Å². The maximum Gasteiger partial charge on any atom is 0.224 e. The van der Waals surface area contributed by atoms with Crippen LogP contribution in [0.3, 0.4) is 0 Å². The molecular weight excluding hydrogens is 130 g/mol. The second-order valence-corrected chi connectivity index (χ2v) is 3.05. The molecule has 0 bridgehead atoms. The fourth-order valence-corrected chi connectivity index (χ4v) is 1.94. The van der Waals surface area contributed by atoms with Crippen LogP contribution in [0.5, 0.6) is 0 Å². The Kier molecular flexibility index (Phi) is 1.20. The predicted molar refractivity (Wildman–Crippen MR) is 35.1 cm³/mol. The van der Waals surface area contributed by atoms with Crippen LogP contribution < -0.4 is 0 Å². The monoisotopic (exact) mass is 141 g/mol. The highest BCUT2D eigenvalue weighted by atomic mass is 16.3. The fourth-order valence-electron chi connectivity index (χ4n) is 1.94. The fraction of sp³-hybridized carbons (Fsp3) is 0.857. The molecule has 1 N–H and O–H groups in total. The molecule has 2 rings (SSSR count). The second kappa shape index (κ2) is 1.95. The molecule has 0 aromatic carbocycles. The molecule has 0 spiro atoms. The molecule has 2 saturated heterocycles. The van der Waals surface area contributed by atoms with Crippen molar-refractivity contribution in [2.75, 3.05) is 0 Å². The summed E-state index contributed by atoms with van der Waals surface area (Å²) < 4.78 is 0. The maximum atomic E-state index is 11.0. The first-order valence-electron chi connectivity index (χ1n) is 3.78. The van der Waals surface area contributed by atoms with Crippen molar-refractivity contribution in [1.82, 2.24) is 4.90 Å². The van der Waals surface area contributed by atoms with E-state index in [4.69, 9.17) is 0 Å². The Morgan fingerprint density at radius 2 is 2.20 bits per heavy atom. The van der Waals surface area contributed by atoms with Gasteiger partial charge in [0.15, 0.2) is 0 Å². The molecule has 2 aliphatic heterocycles. The molecule has 2 aliphatic rings. The summed E-state index contributed by atoms with van der Waals surface area (Å²) >= 11 is 0. The Balaban J connectivity index is 2.19. The van der Waals surface area contributed by atoms with Gasteiger partial charge in [0.2, 0.25) is 5.91 Å². The molecule has 10 heavy (non-hydrogen) atoms. The zero-order chi connectivity index (χ0) is 7.14. The van der Waals surface area contributed by atoms with E-state index in [-0.39, 0.29) is 5.91 Å². The molecule has 3 nitrogen and oxygen atoms in total. The van der Waals surface area contributed by atoms with Gasteiger partial charge in [-0.25, -0.2) is 0 Å². The maximum absolute atomic E-state index is 11.0. The molecule has 2 fully saturated rings. The topological polar surface area (TPSA) is 40.5 Å². The third-order valence-electron chi connectivity index (χ3n) is 2.45. The highest BCUT2D eigenvalue weighted by Crippen LogP contribution is 2.31. The average Bonchev–Trinajstić information content (AvgIpc) is 2.40. The summed E-state index contributed by atoms with van der Waals surface area (Å²) in [4.78, 5) is 12.7. The number of rotatable bonds is 0. The highest BCUT2D eigenvalue weighted by Gasteiger charge is 2.39. The molecule has 2 heterocycles. The highest BCUT2D eigenvalue weighted by molar-refractivity contribution is 5.79. The van der Waals surface area contributed by atoms with Crippen LogP contribution in [0.25, 0.3) is 0 Å². The minimum Gasteiger partial charge on any atom is -0.374 e. The number of amides is 1. The Bertz CT molecular complexity index is 169. The van der Waals surface area contributed by atoms with Gasteiger partial charge in [0.25, 0.3) is 0 Å². The van der Waals surface area contributed by atoms with E-state index < -0.39 is 6.23 Å². The van der Waals surface area contributed by atoms with E-state index in [1.807, 2.05) is 0 Å². The van der Waals surface area contributed by atoms with Crippen molar-refractivity contribution in [1.29, 1.82) is 0 Å². The lowest BCUT2D eigenvalue weighted by Gasteiger charge is -2.18. The Hall–Kier alpha value is -0.570. The first kappa shape index (κ1) is 6.16. The van der Waals surface area contributed by atoms with Gasteiger partial charge in [-0.3, -0.25) is 4.79 Å². The predicted octanol–water partition coefficient (Wildman–Crippen LogP) is 0.0896. The van der Waals surface area contributed by atoms with Crippen LogP contribution >= 0.6 is 0 Å². The molecule has 0 aromatic rings. The van der Waals surface area contributed by atoms with E-state index in [2.05, 4.69) is 0 Å². The lowest BCUT2D eigenvalue weighted by atomic mass is 10.1. The van der Waals surface area contributed by atoms with E-state index >= 15 is 0 Å². The minimum absolute atomic E-state index is 0.134. The van der Waals surface area contributed by atoms with E-state index in [0.29, 0.717) is 12.5 Å². The van der Waals surface area contributed by atoms with Crippen molar-refractivity contribution in [3.8, 4) is 0 Å². The smallest absolute Gasteiger partial charge is 0.224 e. The number of nitrogens with zero attached hydrogens (tertiary/aromatic N) is 1. The van der Waals surface area contributed by atoms with Crippen LogP contribution in [-0.4, -0.2) is 28.2 Å². The van der Waals surface area contributed by atoms with Gasteiger partial charge in [0, 0.05) is 12.5 Å². The normalized spacial score (nSPS) is 38.9. The number of hydrogen-bond donors (Lipinski definition) is 1. The van der Waals surface area contributed by atoms with E-state index in [0.717, 1.165) is 19.3 Å². The standard InChI is InChI=1S/C7H11NO2/c9-6-3-1-5-2-4-7(10)8(5)6/h5-6,9H,1-4H2/t5-,6+/m1/s1. The minimum atomic E-state index is -0.472. The first-order chi connectivity index (χ1) is 4.79. The Labute approximate surface area is 59.6 Å². The summed E-state index contributed by atoms with van der Waals surface area (Å²) in [7, 11) is 0. The lowest BCUT2D eigenvalue weighted by Crippen LogP contribution is -2.34. The molecular formula is C7H11NO2. The van der Waals surface area contributed by atoms with Crippen LogP contribution in [0, 0.1) is 0 Å². The summed E-state index contributed by atoms with van der Waals surface area (Å²) in [5, 5.41) is 9.27. The summed E-state index contributed by atoms with van der Waals surface area (Å²) in [5.41, 5.74) is 0. The van der Waals surface area contributed by atoms with Crippen molar-refractivity contribution in [3.63, 3.8) is 0 Å². The SMILES string of the molecule is O=C1CC[C@H]2CC[C@H](O)N12. The number of aliphatic hydroxyl groups is 1. The van der Waals surface area contributed by atoms with Crippen molar-refractivity contribution < 1.29 is 9.90 Å². The van der Waals surface area contributed by atoms with E-state index in [9.17, 15) is 9.90 Å². The molecule has 56 valence electrons. The average molecular weight is 141 g/mol. The van der Waals surface area contributed by atoms with Crippen molar-refractivity contribution in [2.45, 2.75) is 38.0 Å². The van der Waals surface area contributed by atoms with Gasteiger partial charge in [-0.05, 0) is 19.3 Å². The summed E-state index contributed by atoms with van der Waals surface area (Å²) in [5.74, 6) is 0.134. The number of fused-ring (bicyclic) bond motifs is 1. The van der Waals surface area contributed by atoms with Crippen LogP contribution in [0.15, 0.2) is 0 Å². The van der Waals surface area contributed by atoms with Crippen molar-refractivity contribution in [2.24, 2.45) is 0 Å². The molecule has 0 unspecified atom stereocenters. The number of carbonyl (C=O) groups is 1. The third kappa shape index (κ3) is 0.669. The molecule has 0 aromatic heterocycles. The van der Waals surface area contributed by atoms with Gasteiger partial charge in [0.05, 0.1) is 0 Å². The lowest BCUT2D eigenvalue weighted by molar-refractivity contribution is -0.135. The number of hydrogen-bond acceptors (Lipinski definition) is 2. The third-order valence-corrected chi connectivity index (χ3v) is 2.45. The van der Waals surface area contributed by atoms with E-state index in [1.54, 1.807) is 4.90 Å². The van der Waals surface area contributed by atoms with Crippen LogP contribution in [-0.2, 0) is 4.79 Å². The first-order valence-corrected chi connectivity index (χ1v) is 3.78. The molecule has 0 saturated carbocycles. The van der Waals surface area contributed by atoms with Gasteiger partial charge >= 0.3 is 0 Å². The molecule has 2 atom stereocenters. The van der Waals surface area contributed by atoms with Crippen molar-refractivity contribution in [3.05, 3.63) is 0 Å². The molecule has 1 amide bonds. The zero-order valence-electron chi connectivity index (χ0n) is 5.79. The summed E-state index contributed by atoms with van der Waals surface area (Å²) in [6.07, 6.45) is 2.89. The number of carbonyl (C=O) groups excluding carboxylic acids is 1. The largest absolute Gasteiger partial charge is 0.374 e. The second-order valence-electron chi connectivity index (χ2n) is 3.05. The molecule has 3 heteroatoms. The van der Waals surface area contributed by atoms with Crippen LogP contribution in [0.4, 0.5) is 0 Å². The molecule has 0 aliphatic carbocycles. The van der Waals surface area contributed by atoms with Gasteiger partial charge in [-0.2, -0.15) is 0 Å². The summed E-state index contributed by atoms with van der Waals surface area (Å²) in [6, 6.07) is 0.363.